The third-order valence-electron chi connectivity index (χ3n) is 10.7. The molecule has 0 radical (unpaired) electrons. The van der Waals surface area contributed by atoms with Gasteiger partial charge in [0.1, 0.15) is 0 Å². The van der Waals surface area contributed by atoms with E-state index in [-0.39, 0.29) is 12.0 Å². The second kappa shape index (κ2) is 14.3. The first-order valence-electron chi connectivity index (χ1n) is 18.2. The lowest BCUT2D eigenvalue weighted by atomic mass is 9.77. The molecule has 3 heterocycles. The highest BCUT2D eigenvalue weighted by Crippen LogP contribution is 2.40. The topological polar surface area (TPSA) is 37.6 Å². The Bertz CT molecular complexity index is 1980. The normalized spacial score (nSPS) is 25.1. The molecule has 0 saturated heterocycles. The van der Waals surface area contributed by atoms with Crippen molar-refractivity contribution in [3.05, 3.63) is 161 Å². The number of dihydropyridines is 1. The Balaban J connectivity index is 1.19. The number of aromatic nitrogens is 1. The van der Waals surface area contributed by atoms with Gasteiger partial charge in [0.2, 0.25) is 0 Å². The molecule has 49 heavy (non-hydrogen) atoms. The minimum Gasteiger partial charge on any atom is -0.289 e. The number of hydrogen-bond donors (Lipinski definition) is 0. The Labute approximate surface area is 291 Å². The van der Waals surface area contributed by atoms with Gasteiger partial charge in [-0.05, 0) is 114 Å². The van der Waals surface area contributed by atoms with Gasteiger partial charge >= 0.3 is 0 Å². The van der Waals surface area contributed by atoms with Gasteiger partial charge in [0.15, 0.2) is 0 Å². The molecule has 2 aliphatic heterocycles. The van der Waals surface area contributed by atoms with Gasteiger partial charge in [-0.3, -0.25) is 9.98 Å². The number of pyridine rings is 1. The summed E-state index contributed by atoms with van der Waals surface area (Å²) >= 11 is 0. The van der Waals surface area contributed by atoms with Crippen LogP contribution in [0.15, 0.2) is 154 Å². The highest BCUT2D eigenvalue weighted by molar-refractivity contribution is 6.02. The van der Waals surface area contributed by atoms with Crippen LogP contribution >= 0.6 is 0 Å². The quantitative estimate of drug-likeness (QED) is 0.253. The number of allylic oxidation sites excluding steroid dienone is 11. The van der Waals surface area contributed by atoms with E-state index in [1.54, 1.807) is 0 Å². The maximum Gasteiger partial charge on any atom is 0.0786 e. The molecule has 0 saturated carbocycles. The molecule has 0 fully saturated rings. The summed E-state index contributed by atoms with van der Waals surface area (Å²) in [7, 11) is 0. The first-order chi connectivity index (χ1) is 24.2. The summed E-state index contributed by atoms with van der Waals surface area (Å²) < 4.78 is 0. The van der Waals surface area contributed by atoms with E-state index in [0.29, 0.717) is 11.8 Å². The Kier molecular flexibility index (Phi) is 9.16. The van der Waals surface area contributed by atoms with E-state index < -0.39 is 0 Å². The molecular formula is C46H45N3. The lowest BCUT2D eigenvalue weighted by Gasteiger charge is -2.31. The molecule has 8 rings (SSSR count). The predicted octanol–water partition coefficient (Wildman–Crippen LogP) is 11.1. The third kappa shape index (κ3) is 7.13. The Morgan fingerprint density at radius 1 is 0.735 bits per heavy atom. The molecule has 3 aliphatic carbocycles. The van der Waals surface area contributed by atoms with Gasteiger partial charge in [-0.25, -0.2) is 4.98 Å². The summed E-state index contributed by atoms with van der Waals surface area (Å²) in [4.78, 5) is 15.6. The van der Waals surface area contributed by atoms with E-state index >= 15 is 0 Å². The standard InChI is InChI=1S/C46H45N3/c1-32-12-11-19-38(24-32)46-31-40(30-45(49-46)35-17-9-4-10-18-35)39-25-41(43-28-36(20-22-47-43)33-13-5-2-6-14-33)27-42(26-39)44-29-37(21-23-48-44)34-15-7-3-8-16-34/h2,4-7,9-11,13-20,22,24-25,27,30-32,37,39,43H,3,8,12,21,23,26,28-29H2,1H3. The van der Waals surface area contributed by atoms with Gasteiger partial charge < -0.3 is 0 Å². The van der Waals surface area contributed by atoms with E-state index in [0.717, 1.165) is 68.4 Å². The number of rotatable bonds is 7. The Morgan fingerprint density at radius 3 is 2.35 bits per heavy atom. The molecule has 4 atom stereocenters. The first kappa shape index (κ1) is 31.4. The molecule has 3 aromatic rings. The fourth-order valence-electron chi connectivity index (χ4n) is 7.98. The van der Waals surface area contributed by atoms with Gasteiger partial charge in [0, 0.05) is 30.0 Å². The molecule has 0 N–H and O–H groups in total. The molecule has 0 bridgehead atoms. The van der Waals surface area contributed by atoms with E-state index in [4.69, 9.17) is 15.0 Å². The third-order valence-corrected chi connectivity index (χ3v) is 10.7. The van der Waals surface area contributed by atoms with Gasteiger partial charge in [-0.1, -0.05) is 116 Å². The first-order valence-corrected chi connectivity index (χ1v) is 18.2. The van der Waals surface area contributed by atoms with Crippen LogP contribution in [0.25, 0.3) is 22.4 Å². The average molecular weight is 640 g/mol. The summed E-state index contributed by atoms with van der Waals surface area (Å²) in [5, 5.41) is 0. The van der Waals surface area contributed by atoms with Crippen LogP contribution in [0.1, 0.15) is 74.6 Å². The summed E-state index contributed by atoms with van der Waals surface area (Å²) in [6.45, 7) is 3.18. The molecule has 5 aliphatic rings. The van der Waals surface area contributed by atoms with Gasteiger partial charge in [0.25, 0.3) is 0 Å². The zero-order valence-electron chi connectivity index (χ0n) is 28.5. The fourth-order valence-corrected chi connectivity index (χ4v) is 7.98. The van der Waals surface area contributed by atoms with Crippen molar-refractivity contribution >= 4 is 23.1 Å². The van der Waals surface area contributed by atoms with Crippen LogP contribution in [-0.2, 0) is 0 Å². The summed E-state index contributed by atoms with van der Waals surface area (Å²) in [5.74, 6) is 1.24. The lowest BCUT2D eigenvalue weighted by molar-refractivity contribution is 0.570. The molecule has 2 aromatic carbocycles. The van der Waals surface area contributed by atoms with E-state index in [1.165, 1.54) is 44.7 Å². The molecule has 1 aromatic heterocycles. The zero-order valence-corrected chi connectivity index (χ0v) is 28.5. The number of hydrogen-bond acceptors (Lipinski definition) is 3. The van der Waals surface area contributed by atoms with Crippen LogP contribution in [0.3, 0.4) is 0 Å². The van der Waals surface area contributed by atoms with Gasteiger partial charge in [0.05, 0.1) is 17.4 Å². The summed E-state index contributed by atoms with van der Waals surface area (Å²) in [6, 6.07) is 26.2. The maximum absolute atomic E-state index is 5.26. The van der Waals surface area contributed by atoms with Crippen molar-refractivity contribution in [2.75, 3.05) is 6.54 Å². The van der Waals surface area contributed by atoms with Crippen molar-refractivity contribution in [3.8, 4) is 11.3 Å². The van der Waals surface area contributed by atoms with E-state index in [1.807, 2.05) is 6.21 Å². The Morgan fingerprint density at radius 2 is 1.55 bits per heavy atom. The molecule has 3 heteroatoms. The largest absolute Gasteiger partial charge is 0.289 e. The van der Waals surface area contributed by atoms with Crippen LogP contribution in [0, 0.1) is 11.8 Å². The average Bonchev–Trinajstić information content (AvgIpc) is 3.19. The summed E-state index contributed by atoms with van der Waals surface area (Å²) in [5.41, 5.74) is 13.9. The van der Waals surface area contributed by atoms with E-state index in [9.17, 15) is 0 Å². The van der Waals surface area contributed by atoms with Crippen LogP contribution in [0.5, 0.6) is 0 Å². The molecule has 244 valence electrons. The Hall–Kier alpha value is -4.89. The van der Waals surface area contributed by atoms with Crippen LogP contribution in [0.4, 0.5) is 0 Å². The maximum atomic E-state index is 5.26. The van der Waals surface area contributed by atoms with Crippen molar-refractivity contribution < 1.29 is 0 Å². The van der Waals surface area contributed by atoms with Crippen molar-refractivity contribution in [3.63, 3.8) is 0 Å². The van der Waals surface area contributed by atoms with E-state index in [2.05, 4.69) is 134 Å². The second-order valence-corrected chi connectivity index (χ2v) is 14.2. The van der Waals surface area contributed by atoms with Crippen molar-refractivity contribution in [2.45, 2.75) is 63.8 Å². The number of benzene rings is 2. The predicted molar refractivity (Wildman–Crippen MR) is 207 cm³/mol. The van der Waals surface area contributed by atoms with Gasteiger partial charge in [-0.2, -0.15) is 0 Å². The minimum absolute atomic E-state index is 0.0710. The van der Waals surface area contributed by atoms with Crippen LogP contribution in [-0.4, -0.2) is 29.5 Å². The second-order valence-electron chi connectivity index (χ2n) is 14.2. The SMILES string of the molecule is CC1C=C(c2cc(C3C=C(C4CC(c5ccccc5)=CC=N4)C=C(C4=NCCC(C5=CCCC=C5)C4)C3)cc(-c3ccccc3)n2)C=CC1. The van der Waals surface area contributed by atoms with Crippen molar-refractivity contribution in [2.24, 2.45) is 21.8 Å². The van der Waals surface area contributed by atoms with Crippen LogP contribution in [0.2, 0.25) is 0 Å². The van der Waals surface area contributed by atoms with Gasteiger partial charge in [-0.15, -0.1) is 0 Å². The number of aliphatic imine (C=N–C) groups is 2. The molecule has 4 unspecified atom stereocenters. The van der Waals surface area contributed by atoms with Crippen LogP contribution < -0.4 is 0 Å². The number of nitrogens with zero attached hydrogens (tertiary/aromatic N) is 3. The summed E-state index contributed by atoms with van der Waals surface area (Å²) in [6.07, 6.45) is 30.6. The monoisotopic (exact) mass is 639 g/mol. The van der Waals surface area contributed by atoms with Crippen molar-refractivity contribution in [1.82, 2.24) is 4.98 Å². The highest BCUT2D eigenvalue weighted by Gasteiger charge is 2.29. The minimum atomic E-state index is 0.0710. The molecule has 0 amide bonds. The molecule has 3 nitrogen and oxygen atoms in total. The highest BCUT2D eigenvalue weighted by atomic mass is 14.8. The smallest absolute Gasteiger partial charge is 0.0786 e. The molecular weight excluding hydrogens is 595 g/mol. The molecule has 0 spiro atoms. The van der Waals surface area contributed by atoms with Crippen molar-refractivity contribution in [1.29, 1.82) is 0 Å². The lowest BCUT2D eigenvalue weighted by Crippen LogP contribution is -2.23. The fraction of sp³-hybridized carbons (Fsp3) is 0.283. The zero-order chi connectivity index (χ0) is 33.0.